The monoisotopic (exact) mass is 288 g/mol. The number of rotatable bonds is 5. The van der Waals surface area contributed by atoms with Crippen LogP contribution in [0.5, 0.6) is 0 Å². The van der Waals surface area contributed by atoms with Crippen LogP contribution in [0.4, 0.5) is 0 Å². The number of benzene rings is 1. The van der Waals surface area contributed by atoms with E-state index in [0.717, 1.165) is 11.8 Å². The Bertz CT molecular complexity index is 411. The molecule has 0 fully saturated rings. The molecule has 0 amide bonds. The van der Waals surface area contributed by atoms with Crippen LogP contribution >= 0.6 is 0 Å². The van der Waals surface area contributed by atoms with Gasteiger partial charge < -0.3 is 0 Å². The highest BCUT2D eigenvalue weighted by Crippen LogP contribution is 2.33. The van der Waals surface area contributed by atoms with Gasteiger partial charge in [0.1, 0.15) is 0 Å². The van der Waals surface area contributed by atoms with Crippen molar-refractivity contribution in [3.05, 3.63) is 35.4 Å². The zero-order valence-corrected chi connectivity index (χ0v) is 15.6. The van der Waals surface area contributed by atoms with Crippen molar-refractivity contribution in [1.82, 2.24) is 0 Å². The molecule has 0 saturated heterocycles. The average molecular weight is 289 g/mol. The topological polar surface area (TPSA) is 0 Å². The summed E-state index contributed by atoms with van der Waals surface area (Å²) in [5.41, 5.74) is 3.61. The van der Waals surface area contributed by atoms with Crippen LogP contribution in [0.1, 0.15) is 79.4 Å². The average Bonchev–Trinajstić information content (AvgIpc) is 2.34. The highest BCUT2D eigenvalue weighted by molar-refractivity contribution is 5.27. The maximum atomic E-state index is 2.43. The molecule has 1 aromatic carbocycles. The fourth-order valence-electron chi connectivity index (χ4n) is 3.21. The standard InChI is InChI=1S/C21H36/c1-9-18(15-20(3,4)5)16(2)14-17-10-12-19(13-11-17)21(6,7)8/h10-13,16,18H,9,14-15H2,1-8H3. The smallest absolute Gasteiger partial charge is 0.0132 e. The van der Waals surface area contributed by atoms with Crippen LogP contribution in [-0.2, 0) is 11.8 Å². The Labute approximate surface area is 133 Å². The van der Waals surface area contributed by atoms with Gasteiger partial charge in [-0.2, -0.15) is 0 Å². The van der Waals surface area contributed by atoms with Gasteiger partial charge in [-0.3, -0.25) is 0 Å². The molecule has 0 heterocycles. The van der Waals surface area contributed by atoms with Gasteiger partial charge >= 0.3 is 0 Å². The molecule has 0 aliphatic carbocycles. The maximum Gasteiger partial charge on any atom is -0.0132 e. The summed E-state index contributed by atoms with van der Waals surface area (Å²) >= 11 is 0. The van der Waals surface area contributed by atoms with Gasteiger partial charge in [0.25, 0.3) is 0 Å². The van der Waals surface area contributed by atoms with E-state index in [4.69, 9.17) is 0 Å². The highest BCUT2D eigenvalue weighted by Gasteiger charge is 2.22. The van der Waals surface area contributed by atoms with Gasteiger partial charge in [-0.15, -0.1) is 0 Å². The number of hydrogen-bond donors (Lipinski definition) is 0. The van der Waals surface area contributed by atoms with Gasteiger partial charge in [0.15, 0.2) is 0 Å². The van der Waals surface area contributed by atoms with Crippen LogP contribution in [0.2, 0.25) is 0 Å². The second-order valence-electron chi connectivity index (χ2n) is 9.06. The predicted octanol–water partition coefficient (Wildman–Crippen LogP) is 6.63. The fourth-order valence-corrected chi connectivity index (χ4v) is 3.21. The molecule has 0 aliphatic rings. The third kappa shape index (κ3) is 6.24. The summed E-state index contributed by atoms with van der Waals surface area (Å²) < 4.78 is 0. The lowest BCUT2D eigenvalue weighted by atomic mass is 9.76. The first kappa shape index (κ1) is 18.3. The van der Waals surface area contributed by atoms with Gasteiger partial charge in [-0.05, 0) is 46.6 Å². The van der Waals surface area contributed by atoms with Gasteiger partial charge in [-0.25, -0.2) is 0 Å². The van der Waals surface area contributed by atoms with Crippen molar-refractivity contribution in [1.29, 1.82) is 0 Å². The van der Waals surface area contributed by atoms with E-state index < -0.39 is 0 Å². The zero-order valence-electron chi connectivity index (χ0n) is 15.6. The molecular weight excluding hydrogens is 252 g/mol. The summed E-state index contributed by atoms with van der Waals surface area (Å²) in [5, 5.41) is 0. The lowest BCUT2D eigenvalue weighted by molar-refractivity contribution is 0.225. The van der Waals surface area contributed by atoms with Crippen molar-refractivity contribution in [2.75, 3.05) is 0 Å². The molecule has 1 rings (SSSR count). The van der Waals surface area contributed by atoms with Crippen LogP contribution in [0.25, 0.3) is 0 Å². The predicted molar refractivity (Wildman–Crippen MR) is 95.9 cm³/mol. The molecule has 1 aromatic rings. The Hall–Kier alpha value is -0.780. The van der Waals surface area contributed by atoms with Crippen molar-refractivity contribution in [2.45, 2.75) is 80.1 Å². The van der Waals surface area contributed by atoms with Crippen molar-refractivity contribution in [2.24, 2.45) is 17.3 Å². The Morgan fingerprint density at radius 3 is 1.81 bits per heavy atom. The van der Waals surface area contributed by atoms with Crippen molar-refractivity contribution in [3.63, 3.8) is 0 Å². The van der Waals surface area contributed by atoms with E-state index in [1.54, 1.807) is 0 Å². The largest absolute Gasteiger partial charge is 0.0651 e. The Kier molecular flexibility index (Phi) is 6.08. The first-order valence-electron chi connectivity index (χ1n) is 8.62. The lowest BCUT2D eigenvalue weighted by Gasteiger charge is -2.30. The van der Waals surface area contributed by atoms with E-state index in [2.05, 4.69) is 79.7 Å². The third-order valence-electron chi connectivity index (χ3n) is 4.58. The van der Waals surface area contributed by atoms with Gasteiger partial charge in [0.05, 0.1) is 0 Å². The summed E-state index contributed by atoms with van der Waals surface area (Å²) in [6.07, 6.45) is 3.82. The SMILES string of the molecule is CCC(CC(C)(C)C)C(C)Cc1ccc(C(C)(C)C)cc1. The highest BCUT2D eigenvalue weighted by atomic mass is 14.3. The van der Waals surface area contributed by atoms with Gasteiger partial charge in [0.2, 0.25) is 0 Å². The summed E-state index contributed by atoms with van der Waals surface area (Å²) in [4.78, 5) is 0. The zero-order chi connectivity index (χ0) is 16.3. The molecule has 0 spiro atoms. The summed E-state index contributed by atoms with van der Waals surface area (Å²) in [6.45, 7) is 18.7. The molecular formula is C21H36. The Morgan fingerprint density at radius 1 is 0.905 bits per heavy atom. The molecule has 0 saturated carbocycles. The minimum absolute atomic E-state index is 0.252. The molecule has 0 aromatic heterocycles. The summed E-state index contributed by atoms with van der Waals surface area (Å²) in [6, 6.07) is 9.29. The second kappa shape index (κ2) is 6.99. The summed E-state index contributed by atoms with van der Waals surface area (Å²) in [7, 11) is 0. The second-order valence-corrected chi connectivity index (χ2v) is 9.06. The maximum absolute atomic E-state index is 2.43. The molecule has 2 unspecified atom stereocenters. The minimum Gasteiger partial charge on any atom is -0.0651 e. The molecule has 0 nitrogen and oxygen atoms in total. The quantitative estimate of drug-likeness (QED) is 0.570. The van der Waals surface area contributed by atoms with Crippen LogP contribution in [0.3, 0.4) is 0 Å². The van der Waals surface area contributed by atoms with E-state index >= 15 is 0 Å². The van der Waals surface area contributed by atoms with Crippen molar-refractivity contribution < 1.29 is 0 Å². The minimum atomic E-state index is 0.252. The lowest BCUT2D eigenvalue weighted by Crippen LogP contribution is -2.20. The first-order chi connectivity index (χ1) is 9.53. The van der Waals surface area contributed by atoms with Gasteiger partial charge in [0, 0.05) is 0 Å². The van der Waals surface area contributed by atoms with E-state index in [0.29, 0.717) is 5.41 Å². The van der Waals surface area contributed by atoms with Gasteiger partial charge in [-0.1, -0.05) is 86.1 Å². The molecule has 120 valence electrons. The van der Waals surface area contributed by atoms with Crippen molar-refractivity contribution in [3.8, 4) is 0 Å². The van der Waals surface area contributed by atoms with E-state index in [-0.39, 0.29) is 5.41 Å². The van der Waals surface area contributed by atoms with Crippen LogP contribution in [0, 0.1) is 17.3 Å². The fraction of sp³-hybridized carbons (Fsp3) is 0.714. The van der Waals surface area contributed by atoms with Crippen LogP contribution in [0.15, 0.2) is 24.3 Å². The third-order valence-corrected chi connectivity index (χ3v) is 4.58. The Morgan fingerprint density at radius 2 is 1.43 bits per heavy atom. The summed E-state index contributed by atoms with van der Waals surface area (Å²) in [5.74, 6) is 1.59. The molecule has 0 bridgehead atoms. The van der Waals surface area contributed by atoms with E-state index in [1.165, 1.54) is 30.4 Å². The molecule has 0 aliphatic heterocycles. The molecule has 21 heavy (non-hydrogen) atoms. The molecule has 2 atom stereocenters. The Balaban J connectivity index is 2.71. The molecule has 0 radical (unpaired) electrons. The molecule has 0 N–H and O–H groups in total. The number of hydrogen-bond acceptors (Lipinski definition) is 0. The van der Waals surface area contributed by atoms with E-state index in [9.17, 15) is 0 Å². The van der Waals surface area contributed by atoms with Crippen LogP contribution < -0.4 is 0 Å². The first-order valence-corrected chi connectivity index (χ1v) is 8.62. The molecule has 0 heteroatoms. The van der Waals surface area contributed by atoms with E-state index in [1.807, 2.05) is 0 Å². The normalized spacial score (nSPS) is 15.8. The van der Waals surface area contributed by atoms with Crippen LogP contribution in [-0.4, -0.2) is 0 Å². The van der Waals surface area contributed by atoms with Crippen molar-refractivity contribution >= 4 is 0 Å².